The highest BCUT2D eigenvalue weighted by molar-refractivity contribution is 5.73. The summed E-state index contributed by atoms with van der Waals surface area (Å²) in [6.07, 6.45) is 2.22. The van der Waals surface area contributed by atoms with Crippen molar-refractivity contribution in [2.45, 2.75) is 33.2 Å². The van der Waals surface area contributed by atoms with Crippen molar-refractivity contribution in [2.75, 3.05) is 18.1 Å². The van der Waals surface area contributed by atoms with E-state index in [1.54, 1.807) is 11.0 Å². The highest BCUT2D eigenvalue weighted by Gasteiger charge is 2.18. The number of carbonyl (C=O) groups is 1. The lowest BCUT2D eigenvalue weighted by atomic mass is 10.2. The van der Waals surface area contributed by atoms with E-state index in [2.05, 4.69) is 9.97 Å². The first kappa shape index (κ1) is 14.2. The average molecular weight is 253 g/mol. The van der Waals surface area contributed by atoms with Crippen LogP contribution >= 0.6 is 0 Å². The van der Waals surface area contributed by atoms with E-state index in [0.717, 1.165) is 6.42 Å². The topological polar surface area (TPSA) is 75.5 Å². The Balaban J connectivity index is 2.96. The zero-order valence-corrected chi connectivity index (χ0v) is 11.0. The van der Waals surface area contributed by atoms with Crippen LogP contribution in [0.5, 0.6) is 5.88 Å². The monoisotopic (exact) mass is 253 g/mol. The standard InChI is InChI=1S/C12H19N3O3/c1-4-9(3)15(7-12(16)17)10-6-11(18-5-2)14-8-13-10/h6,8-9H,4-5,7H2,1-3H3,(H,16,17). The molecule has 0 aliphatic heterocycles. The molecule has 0 aliphatic rings. The fourth-order valence-electron chi connectivity index (χ4n) is 1.54. The molecule has 1 aromatic heterocycles. The maximum atomic E-state index is 10.9. The third-order valence-corrected chi connectivity index (χ3v) is 2.64. The summed E-state index contributed by atoms with van der Waals surface area (Å²) in [5, 5.41) is 8.95. The second-order valence-electron chi connectivity index (χ2n) is 3.93. The largest absolute Gasteiger partial charge is 0.480 e. The predicted molar refractivity (Wildman–Crippen MR) is 67.9 cm³/mol. The third-order valence-electron chi connectivity index (χ3n) is 2.64. The minimum absolute atomic E-state index is 0.0857. The number of aliphatic carboxylic acids is 1. The number of ether oxygens (including phenoxy) is 1. The molecular formula is C12H19N3O3. The van der Waals surface area contributed by atoms with Gasteiger partial charge in [-0.1, -0.05) is 6.92 Å². The normalized spacial score (nSPS) is 11.9. The van der Waals surface area contributed by atoms with Gasteiger partial charge in [-0.2, -0.15) is 0 Å². The molecule has 1 heterocycles. The number of aromatic nitrogens is 2. The van der Waals surface area contributed by atoms with Gasteiger partial charge in [0.2, 0.25) is 5.88 Å². The summed E-state index contributed by atoms with van der Waals surface area (Å²) in [6.45, 7) is 6.26. The lowest BCUT2D eigenvalue weighted by Crippen LogP contribution is -2.37. The van der Waals surface area contributed by atoms with Crippen LogP contribution in [-0.2, 0) is 4.79 Å². The van der Waals surface area contributed by atoms with E-state index in [-0.39, 0.29) is 12.6 Å². The van der Waals surface area contributed by atoms with Gasteiger partial charge in [0.25, 0.3) is 0 Å². The molecular weight excluding hydrogens is 234 g/mol. The summed E-state index contributed by atoms with van der Waals surface area (Å²) in [5.74, 6) is 0.151. The van der Waals surface area contributed by atoms with Crippen LogP contribution in [0.25, 0.3) is 0 Å². The van der Waals surface area contributed by atoms with E-state index < -0.39 is 5.97 Å². The molecule has 6 heteroatoms. The Morgan fingerprint density at radius 2 is 2.22 bits per heavy atom. The summed E-state index contributed by atoms with van der Waals surface area (Å²) >= 11 is 0. The first-order valence-corrected chi connectivity index (χ1v) is 6.01. The van der Waals surface area contributed by atoms with Crippen molar-refractivity contribution in [1.29, 1.82) is 0 Å². The van der Waals surface area contributed by atoms with Gasteiger partial charge < -0.3 is 14.7 Å². The molecule has 1 unspecified atom stereocenters. The second kappa shape index (κ2) is 6.78. The smallest absolute Gasteiger partial charge is 0.323 e. The lowest BCUT2D eigenvalue weighted by Gasteiger charge is -2.27. The summed E-state index contributed by atoms with van der Waals surface area (Å²) in [6, 6.07) is 1.75. The van der Waals surface area contributed by atoms with Gasteiger partial charge in [0.15, 0.2) is 0 Å². The Morgan fingerprint density at radius 3 is 2.78 bits per heavy atom. The SMILES string of the molecule is CCOc1cc(N(CC(=O)O)C(C)CC)ncn1. The molecule has 1 rings (SSSR count). The Morgan fingerprint density at radius 1 is 1.50 bits per heavy atom. The van der Waals surface area contributed by atoms with E-state index in [9.17, 15) is 4.79 Å². The number of carboxylic acids is 1. The maximum absolute atomic E-state index is 10.9. The van der Waals surface area contributed by atoms with Crippen molar-refractivity contribution in [3.05, 3.63) is 12.4 Å². The molecule has 0 amide bonds. The van der Waals surface area contributed by atoms with E-state index in [1.165, 1.54) is 6.33 Å². The number of carboxylic acid groups (broad SMARTS) is 1. The van der Waals surface area contributed by atoms with Crippen molar-refractivity contribution in [1.82, 2.24) is 9.97 Å². The Bertz CT molecular complexity index is 398. The molecule has 0 saturated carbocycles. The average Bonchev–Trinajstić information content (AvgIpc) is 2.35. The van der Waals surface area contributed by atoms with Crippen LogP contribution < -0.4 is 9.64 Å². The van der Waals surface area contributed by atoms with Crippen molar-refractivity contribution in [2.24, 2.45) is 0 Å². The first-order chi connectivity index (χ1) is 8.58. The minimum Gasteiger partial charge on any atom is -0.480 e. The molecule has 0 radical (unpaired) electrons. The molecule has 0 bridgehead atoms. The summed E-state index contributed by atoms with van der Waals surface area (Å²) in [4.78, 5) is 20.7. The van der Waals surface area contributed by atoms with Crippen molar-refractivity contribution in [3.8, 4) is 5.88 Å². The quantitative estimate of drug-likeness (QED) is 0.794. The molecule has 0 fully saturated rings. The molecule has 6 nitrogen and oxygen atoms in total. The van der Waals surface area contributed by atoms with Crippen LogP contribution in [0.1, 0.15) is 27.2 Å². The molecule has 0 spiro atoms. The zero-order valence-electron chi connectivity index (χ0n) is 11.0. The van der Waals surface area contributed by atoms with Crippen LogP contribution in [0.2, 0.25) is 0 Å². The molecule has 18 heavy (non-hydrogen) atoms. The van der Waals surface area contributed by atoms with Crippen LogP contribution in [-0.4, -0.2) is 40.2 Å². The van der Waals surface area contributed by atoms with Crippen LogP contribution in [0.4, 0.5) is 5.82 Å². The van der Waals surface area contributed by atoms with Gasteiger partial charge in [0.1, 0.15) is 18.7 Å². The van der Waals surface area contributed by atoms with Crippen LogP contribution in [0.15, 0.2) is 12.4 Å². The maximum Gasteiger partial charge on any atom is 0.323 e. The second-order valence-corrected chi connectivity index (χ2v) is 3.93. The van der Waals surface area contributed by atoms with E-state index >= 15 is 0 Å². The summed E-state index contributed by atoms with van der Waals surface area (Å²) < 4.78 is 5.29. The van der Waals surface area contributed by atoms with E-state index in [1.807, 2.05) is 20.8 Å². The van der Waals surface area contributed by atoms with Gasteiger partial charge in [-0.15, -0.1) is 0 Å². The third kappa shape index (κ3) is 3.87. The number of anilines is 1. The van der Waals surface area contributed by atoms with Crippen LogP contribution in [0.3, 0.4) is 0 Å². The Kier molecular flexibility index (Phi) is 5.35. The van der Waals surface area contributed by atoms with Gasteiger partial charge in [0.05, 0.1) is 6.61 Å². The van der Waals surface area contributed by atoms with Crippen molar-refractivity contribution in [3.63, 3.8) is 0 Å². The summed E-state index contributed by atoms with van der Waals surface area (Å²) in [7, 11) is 0. The molecule has 0 saturated heterocycles. The van der Waals surface area contributed by atoms with Gasteiger partial charge in [-0.3, -0.25) is 4.79 Å². The number of hydrogen-bond acceptors (Lipinski definition) is 5. The van der Waals surface area contributed by atoms with E-state index in [0.29, 0.717) is 18.3 Å². The van der Waals surface area contributed by atoms with Crippen molar-refractivity contribution >= 4 is 11.8 Å². The Hall–Kier alpha value is -1.85. The highest BCUT2D eigenvalue weighted by atomic mass is 16.5. The number of hydrogen-bond donors (Lipinski definition) is 1. The van der Waals surface area contributed by atoms with E-state index in [4.69, 9.17) is 9.84 Å². The molecule has 0 aromatic carbocycles. The molecule has 100 valence electrons. The predicted octanol–water partition coefficient (Wildman–Crippen LogP) is 1.56. The summed E-state index contributed by atoms with van der Waals surface area (Å²) in [5.41, 5.74) is 0. The Labute approximate surface area is 107 Å². The van der Waals surface area contributed by atoms with Gasteiger partial charge in [-0.05, 0) is 20.3 Å². The molecule has 1 atom stereocenters. The minimum atomic E-state index is -0.883. The van der Waals surface area contributed by atoms with Gasteiger partial charge in [-0.25, -0.2) is 9.97 Å². The van der Waals surface area contributed by atoms with Gasteiger partial charge in [0, 0.05) is 12.1 Å². The molecule has 0 aliphatic carbocycles. The highest BCUT2D eigenvalue weighted by Crippen LogP contribution is 2.19. The molecule has 1 aromatic rings. The first-order valence-electron chi connectivity index (χ1n) is 6.01. The number of rotatable bonds is 7. The van der Waals surface area contributed by atoms with Gasteiger partial charge >= 0.3 is 5.97 Å². The van der Waals surface area contributed by atoms with Crippen molar-refractivity contribution < 1.29 is 14.6 Å². The fraction of sp³-hybridized carbons (Fsp3) is 0.583. The molecule has 1 N–H and O–H groups in total. The number of nitrogens with zero attached hydrogens (tertiary/aromatic N) is 3. The lowest BCUT2D eigenvalue weighted by molar-refractivity contribution is -0.135. The zero-order chi connectivity index (χ0) is 13.5. The fourth-order valence-corrected chi connectivity index (χ4v) is 1.54. The van der Waals surface area contributed by atoms with Crippen LogP contribution in [0, 0.1) is 0 Å².